The van der Waals surface area contributed by atoms with E-state index in [-0.39, 0.29) is 0 Å². The first kappa shape index (κ1) is 12.2. The first-order valence-corrected chi connectivity index (χ1v) is 5.78. The highest BCUT2D eigenvalue weighted by Gasteiger charge is 1.98. The smallest absolute Gasteiger partial charge is 0.143 e. The maximum Gasteiger partial charge on any atom is 0.143 e. The van der Waals surface area contributed by atoms with E-state index in [1.54, 1.807) is 13.3 Å². The first-order chi connectivity index (χ1) is 8.79. The number of hydrogen-bond donors (Lipinski definition) is 1. The number of aryl methyl sites for hydroxylation is 1. The Kier molecular flexibility index (Phi) is 3.97. The minimum atomic E-state index is 0.776. The summed E-state index contributed by atoms with van der Waals surface area (Å²) in [6.07, 6.45) is 1.78. The van der Waals surface area contributed by atoms with Crippen LogP contribution in [-0.2, 0) is 0 Å². The van der Waals surface area contributed by atoms with E-state index in [4.69, 9.17) is 4.74 Å². The van der Waals surface area contributed by atoms with Gasteiger partial charge in [-0.3, -0.25) is 5.43 Å². The van der Waals surface area contributed by atoms with Gasteiger partial charge in [0.15, 0.2) is 0 Å². The molecule has 2 aromatic rings. The molecule has 0 amide bonds. The second-order valence-electron chi connectivity index (χ2n) is 3.98. The van der Waals surface area contributed by atoms with Gasteiger partial charge in [-0.1, -0.05) is 42.0 Å². The van der Waals surface area contributed by atoms with Crippen molar-refractivity contribution in [3.8, 4) is 5.75 Å². The second kappa shape index (κ2) is 5.87. The van der Waals surface area contributed by atoms with Gasteiger partial charge in [0.05, 0.1) is 19.0 Å². The third-order valence-electron chi connectivity index (χ3n) is 2.58. The van der Waals surface area contributed by atoms with Gasteiger partial charge in [-0.2, -0.15) is 5.10 Å². The average Bonchev–Trinajstić information content (AvgIpc) is 2.41. The number of benzene rings is 2. The lowest BCUT2D eigenvalue weighted by Gasteiger charge is -2.06. The molecule has 2 aromatic carbocycles. The normalized spacial score (nSPS) is 10.6. The molecule has 0 atom stereocenters. The molecular formula is C15H16N2O. The molecule has 0 radical (unpaired) electrons. The van der Waals surface area contributed by atoms with E-state index in [1.807, 2.05) is 36.4 Å². The van der Waals surface area contributed by atoms with E-state index in [0.717, 1.165) is 17.0 Å². The molecule has 0 spiro atoms. The zero-order valence-electron chi connectivity index (χ0n) is 10.6. The summed E-state index contributed by atoms with van der Waals surface area (Å²) in [5.74, 6) is 0.776. The summed E-state index contributed by atoms with van der Waals surface area (Å²) in [5.41, 5.74) is 6.12. The second-order valence-corrected chi connectivity index (χ2v) is 3.98. The average molecular weight is 240 g/mol. The Balaban J connectivity index is 2.05. The van der Waals surface area contributed by atoms with Crippen LogP contribution in [0.15, 0.2) is 53.6 Å². The van der Waals surface area contributed by atoms with E-state index in [0.29, 0.717) is 0 Å². The molecule has 0 fully saturated rings. The molecule has 0 aliphatic heterocycles. The fourth-order valence-electron chi connectivity index (χ4n) is 1.57. The minimum absolute atomic E-state index is 0.776. The number of methoxy groups -OCH3 is 1. The van der Waals surface area contributed by atoms with Gasteiger partial charge in [0.25, 0.3) is 0 Å². The molecule has 92 valence electrons. The van der Waals surface area contributed by atoms with Crippen LogP contribution in [0.5, 0.6) is 5.75 Å². The van der Waals surface area contributed by atoms with Crippen molar-refractivity contribution in [3.63, 3.8) is 0 Å². The molecule has 2 rings (SSSR count). The zero-order valence-corrected chi connectivity index (χ0v) is 10.6. The van der Waals surface area contributed by atoms with Crippen LogP contribution in [-0.4, -0.2) is 13.3 Å². The first-order valence-electron chi connectivity index (χ1n) is 5.78. The molecule has 3 heteroatoms. The molecule has 3 nitrogen and oxygen atoms in total. The number of nitrogens with one attached hydrogen (secondary N) is 1. The number of ether oxygens (including phenoxy) is 1. The van der Waals surface area contributed by atoms with Crippen molar-refractivity contribution < 1.29 is 4.74 Å². The molecule has 0 saturated carbocycles. The van der Waals surface area contributed by atoms with Gasteiger partial charge >= 0.3 is 0 Å². The quantitative estimate of drug-likeness (QED) is 0.656. The van der Waals surface area contributed by atoms with Crippen LogP contribution < -0.4 is 10.2 Å². The summed E-state index contributed by atoms with van der Waals surface area (Å²) < 4.78 is 5.23. The summed E-state index contributed by atoms with van der Waals surface area (Å²) in [4.78, 5) is 0. The maximum atomic E-state index is 5.23. The molecule has 1 N–H and O–H groups in total. The van der Waals surface area contributed by atoms with Crippen molar-refractivity contribution >= 4 is 11.9 Å². The highest BCUT2D eigenvalue weighted by atomic mass is 16.5. The number of nitrogens with zero attached hydrogens (tertiary/aromatic N) is 1. The molecule has 0 bridgehead atoms. The van der Waals surface area contributed by atoms with Crippen LogP contribution in [0.2, 0.25) is 0 Å². The lowest BCUT2D eigenvalue weighted by Crippen LogP contribution is -1.94. The largest absolute Gasteiger partial charge is 0.495 e. The van der Waals surface area contributed by atoms with Gasteiger partial charge in [-0.15, -0.1) is 0 Å². The molecule has 0 aliphatic carbocycles. The van der Waals surface area contributed by atoms with Crippen LogP contribution in [0.25, 0.3) is 0 Å². The third kappa shape index (κ3) is 3.10. The Hall–Kier alpha value is -2.29. The van der Waals surface area contributed by atoms with Crippen molar-refractivity contribution in [2.75, 3.05) is 12.5 Å². The van der Waals surface area contributed by atoms with Crippen molar-refractivity contribution in [1.82, 2.24) is 0 Å². The van der Waals surface area contributed by atoms with Gasteiger partial charge in [0.2, 0.25) is 0 Å². The summed E-state index contributed by atoms with van der Waals surface area (Å²) >= 11 is 0. The minimum Gasteiger partial charge on any atom is -0.495 e. The van der Waals surface area contributed by atoms with Gasteiger partial charge in [-0.05, 0) is 24.6 Å². The van der Waals surface area contributed by atoms with Crippen molar-refractivity contribution in [1.29, 1.82) is 0 Å². The number of hydrogen-bond acceptors (Lipinski definition) is 3. The van der Waals surface area contributed by atoms with Gasteiger partial charge in [0, 0.05) is 0 Å². The molecule has 0 aromatic heterocycles. The number of para-hydroxylation sites is 2. The van der Waals surface area contributed by atoms with Gasteiger partial charge in [0.1, 0.15) is 5.75 Å². The number of rotatable bonds is 4. The standard InChI is InChI=1S/C15H16N2O/c1-12-7-9-13(10-8-12)11-16-17-14-5-3-4-6-15(14)18-2/h3-11,17H,1-2H3/b16-11+. The number of anilines is 1. The third-order valence-corrected chi connectivity index (χ3v) is 2.58. The maximum absolute atomic E-state index is 5.23. The molecule has 0 unspecified atom stereocenters. The predicted octanol–water partition coefficient (Wildman–Crippen LogP) is 3.45. The summed E-state index contributed by atoms with van der Waals surface area (Å²) in [7, 11) is 1.64. The van der Waals surface area contributed by atoms with E-state index in [9.17, 15) is 0 Å². The lowest BCUT2D eigenvalue weighted by molar-refractivity contribution is 0.416. The van der Waals surface area contributed by atoms with Gasteiger partial charge in [-0.25, -0.2) is 0 Å². The van der Waals surface area contributed by atoms with Crippen LogP contribution >= 0.6 is 0 Å². The number of hydrazone groups is 1. The summed E-state index contributed by atoms with van der Waals surface area (Å²) in [5, 5.41) is 4.20. The molecular weight excluding hydrogens is 224 g/mol. The molecule has 0 heterocycles. The van der Waals surface area contributed by atoms with Crippen molar-refractivity contribution in [2.24, 2.45) is 5.10 Å². The van der Waals surface area contributed by atoms with E-state index in [1.165, 1.54) is 5.56 Å². The Labute approximate surface area is 107 Å². The summed E-state index contributed by atoms with van der Waals surface area (Å²) in [6, 6.07) is 15.9. The zero-order chi connectivity index (χ0) is 12.8. The van der Waals surface area contributed by atoms with Gasteiger partial charge < -0.3 is 4.74 Å². The highest BCUT2D eigenvalue weighted by Crippen LogP contribution is 2.22. The van der Waals surface area contributed by atoms with Crippen molar-refractivity contribution in [3.05, 3.63) is 59.7 Å². The highest BCUT2D eigenvalue weighted by molar-refractivity contribution is 5.80. The topological polar surface area (TPSA) is 33.6 Å². The van der Waals surface area contributed by atoms with E-state index in [2.05, 4.69) is 29.6 Å². The van der Waals surface area contributed by atoms with Crippen LogP contribution in [0.4, 0.5) is 5.69 Å². The Morgan fingerprint density at radius 3 is 2.50 bits per heavy atom. The molecule has 0 saturated heterocycles. The fraction of sp³-hybridized carbons (Fsp3) is 0.133. The molecule has 0 aliphatic rings. The Morgan fingerprint density at radius 1 is 1.06 bits per heavy atom. The predicted molar refractivity (Wildman–Crippen MR) is 75.4 cm³/mol. The van der Waals surface area contributed by atoms with Crippen LogP contribution in [0.3, 0.4) is 0 Å². The molecule has 18 heavy (non-hydrogen) atoms. The van der Waals surface area contributed by atoms with Crippen LogP contribution in [0.1, 0.15) is 11.1 Å². The van der Waals surface area contributed by atoms with E-state index < -0.39 is 0 Å². The Morgan fingerprint density at radius 2 is 1.78 bits per heavy atom. The lowest BCUT2D eigenvalue weighted by atomic mass is 10.2. The fourth-order valence-corrected chi connectivity index (χ4v) is 1.57. The Bertz CT molecular complexity index is 532. The van der Waals surface area contributed by atoms with Crippen LogP contribution in [0, 0.1) is 6.92 Å². The SMILES string of the molecule is COc1ccccc1N/N=C/c1ccc(C)cc1. The van der Waals surface area contributed by atoms with Crippen molar-refractivity contribution in [2.45, 2.75) is 6.92 Å². The van der Waals surface area contributed by atoms with E-state index >= 15 is 0 Å². The monoisotopic (exact) mass is 240 g/mol. The summed E-state index contributed by atoms with van der Waals surface area (Å²) in [6.45, 7) is 2.06.